The fraction of sp³-hybridized carbons (Fsp3) is 0.323. The minimum atomic E-state index is -4.77. The molecule has 0 bridgehead atoms. The van der Waals surface area contributed by atoms with Crippen molar-refractivity contribution in [1.29, 1.82) is 0 Å². The van der Waals surface area contributed by atoms with Gasteiger partial charge in [0.15, 0.2) is 5.37 Å². The molecule has 49 heavy (non-hydrogen) atoms. The van der Waals surface area contributed by atoms with Crippen LogP contribution in [0.15, 0.2) is 82.3 Å². The van der Waals surface area contributed by atoms with Crippen molar-refractivity contribution in [3.05, 3.63) is 83.6 Å². The molecule has 3 amide bonds. The van der Waals surface area contributed by atoms with E-state index in [2.05, 4.69) is 10.6 Å². The molecule has 0 aromatic heterocycles. The summed E-state index contributed by atoms with van der Waals surface area (Å²) in [6.07, 6.45) is 7.54. The van der Waals surface area contributed by atoms with E-state index in [0.717, 1.165) is 12.1 Å². The molecule has 5 rings (SSSR count). The van der Waals surface area contributed by atoms with Gasteiger partial charge in [-0.05, 0) is 81.3 Å². The molecule has 5 N–H and O–H groups in total. The highest BCUT2D eigenvalue weighted by molar-refractivity contribution is 7.86. The number of rotatable bonds is 5. The maximum absolute atomic E-state index is 14.1. The van der Waals surface area contributed by atoms with Crippen molar-refractivity contribution < 1.29 is 53.1 Å². The highest BCUT2D eigenvalue weighted by Gasteiger charge is 2.53. The molecule has 2 atom stereocenters. The summed E-state index contributed by atoms with van der Waals surface area (Å²) in [4.78, 5) is 28.1. The molecule has 0 radical (unpaired) electrons. The normalized spacial score (nSPS) is 24.1. The lowest BCUT2D eigenvalue weighted by Crippen LogP contribution is -2.48. The first kappa shape index (κ1) is 36.1. The number of hydrogen-bond acceptors (Lipinski definition) is 9. The van der Waals surface area contributed by atoms with E-state index in [9.17, 15) is 48.5 Å². The second kappa shape index (κ2) is 12.3. The van der Waals surface area contributed by atoms with Crippen molar-refractivity contribution in [3.8, 4) is 0 Å². The van der Waals surface area contributed by atoms with Crippen LogP contribution in [0.25, 0.3) is 0 Å². The van der Waals surface area contributed by atoms with Crippen LogP contribution in [-0.2, 0) is 46.0 Å². The lowest BCUT2D eigenvalue weighted by molar-refractivity contribution is -0.330. The van der Waals surface area contributed by atoms with Gasteiger partial charge < -0.3 is 10.2 Å². The SMILES string of the molecule is CCC(N1\C2=C/C=C/C=C/C3=[N+](C(=O)NCCNC(=O)C2(C)c2cc(S(=O)(=O)O)ccc21)c1ccc(S(=O)(=O)O)cc1C3(C)C)S(=O)(=O)O. The Labute approximate surface area is 284 Å². The number of urea groups is 1. The van der Waals surface area contributed by atoms with Crippen LogP contribution < -0.4 is 15.5 Å². The minimum Gasteiger partial charge on any atom is -0.351 e. The predicted octanol–water partition coefficient (Wildman–Crippen LogP) is 2.79. The maximum atomic E-state index is 14.1. The Balaban J connectivity index is 1.70. The summed E-state index contributed by atoms with van der Waals surface area (Å²) in [5, 5.41) is 3.86. The molecular formula is C31H35N4O11S3+. The zero-order valence-electron chi connectivity index (χ0n) is 26.8. The Morgan fingerprint density at radius 3 is 2.02 bits per heavy atom. The smallest absolute Gasteiger partial charge is 0.351 e. The molecule has 0 saturated carbocycles. The van der Waals surface area contributed by atoms with Crippen LogP contribution in [0.2, 0.25) is 0 Å². The zero-order valence-corrected chi connectivity index (χ0v) is 29.2. The van der Waals surface area contributed by atoms with Gasteiger partial charge in [0.1, 0.15) is 23.4 Å². The van der Waals surface area contributed by atoms with Gasteiger partial charge in [-0.25, -0.2) is 5.32 Å². The topological polar surface area (TPSA) is 228 Å². The van der Waals surface area contributed by atoms with Crippen LogP contribution in [-0.4, -0.2) is 79.6 Å². The van der Waals surface area contributed by atoms with E-state index in [1.165, 1.54) is 65.8 Å². The number of benzene rings is 2. The molecule has 3 heterocycles. The molecule has 0 saturated heterocycles. The van der Waals surface area contributed by atoms with Gasteiger partial charge in [-0.2, -0.15) is 34.6 Å². The van der Waals surface area contributed by atoms with E-state index in [1.54, 1.807) is 26.0 Å². The first-order valence-corrected chi connectivity index (χ1v) is 19.3. The van der Waals surface area contributed by atoms with Gasteiger partial charge in [0.25, 0.3) is 30.4 Å². The second-order valence-electron chi connectivity index (χ2n) is 12.3. The number of allylic oxidation sites excluding steroid dienone is 5. The molecule has 3 aliphatic heterocycles. The average Bonchev–Trinajstić information content (AvgIpc) is 3.37. The molecule has 2 aromatic rings. The number of fused-ring (bicyclic) bond motifs is 5. The Morgan fingerprint density at radius 1 is 0.837 bits per heavy atom. The Kier molecular flexibility index (Phi) is 9.05. The third-order valence-corrected chi connectivity index (χ3v) is 11.9. The summed E-state index contributed by atoms with van der Waals surface area (Å²) in [6.45, 7) is 6.26. The lowest BCUT2D eigenvalue weighted by atomic mass is 9.80. The van der Waals surface area contributed by atoms with Gasteiger partial charge in [-0.1, -0.05) is 25.2 Å². The van der Waals surface area contributed by atoms with E-state index in [1.807, 2.05) is 0 Å². The molecule has 0 aliphatic carbocycles. The molecular weight excluding hydrogens is 701 g/mol. The Morgan fingerprint density at radius 2 is 1.43 bits per heavy atom. The fourth-order valence-corrected chi connectivity index (χ4v) is 8.42. The highest BCUT2D eigenvalue weighted by atomic mass is 32.2. The Hall–Kier alpha value is -4.20. The summed E-state index contributed by atoms with van der Waals surface area (Å²) >= 11 is 0. The number of carbonyl (C=O) groups excluding carboxylic acids is 2. The number of carbonyl (C=O) groups is 2. The summed E-state index contributed by atoms with van der Waals surface area (Å²) in [5.74, 6) is -0.703. The van der Waals surface area contributed by atoms with Crippen LogP contribution in [0.1, 0.15) is 45.2 Å². The summed E-state index contributed by atoms with van der Waals surface area (Å²) in [6, 6.07) is 6.67. The second-order valence-corrected chi connectivity index (χ2v) is 16.7. The lowest BCUT2D eigenvalue weighted by Gasteiger charge is -2.32. The van der Waals surface area contributed by atoms with E-state index in [0.29, 0.717) is 17.0 Å². The molecule has 0 fully saturated rings. The number of hydrogen-bond donors (Lipinski definition) is 5. The van der Waals surface area contributed by atoms with Crippen molar-refractivity contribution in [2.24, 2.45) is 0 Å². The van der Waals surface area contributed by atoms with Gasteiger partial charge in [-0.15, -0.1) is 0 Å². The van der Waals surface area contributed by atoms with Crippen molar-refractivity contribution in [2.45, 2.75) is 60.1 Å². The molecule has 0 spiro atoms. The van der Waals surface area contributed by atoms with Crippen molar-refractivity contribution >= 4 is 59.4 Å². The van der Waals surface area contributed by atoms with Gasteiger partial charge in [0, 0.05) is 16.9 Å². The highest BCUT2D eigenvalue weighted by Crippen LogP contribution is 2.51. The average molecular weight is 736 g/mol. The van der Waals surface area contributed by atoms with Crippen LogP contribution in [0, 0.1) is 0 Å². The molecule has 2 aromatic carbocycles. The summed E-state index contributed by atoms with van der Waals surface area (Å²) in [5.41, 5.74) is -1.20. The van der Waals surface area contributed by atoms with Crippen molar-refractivity contribution in [2.75, 3.05) is 18.0 Å². The third kappa shape index (κ3) is 6.23. The molecule has 2 unspecified atom stereocenters. The monoisotopic (exact) mass is 735 g/mol. The van der Waals surface area contributed by atoms with Gasteiger partial charge in [0.2, 0.25) is 5.91 Å². The number of nitrogens with one attached hydrogen (secondary N) is 2. The molecule has 262 valence electrons. The van der Waals surface area contributed by atoms with E-state index < -0.39 is 63.4 Å². The van der Waals surface area contributed by atoms with Gasteiger partial charge in [-0.3, -0.25) is 18.5 Å². The predicted molar refractivity (Wildman–Crippen MR) is 179 cm³/mol. The molecule has 3 aliphatic rings. The molecule has 18 heteroatoms. The fourth-order valence-electron chi connectivity index (χ4n) is 6.50. The van der Waals surface area contributed by atoms with Crippen LogP contribution >= 0.6 is 0 Å². The Bertz CT molecular complexity index is 2240. The van der Waals surface area contributed by atoms with Crippen molar-refractivity contribution in [1.82, 2.24) is 10.6 Å². The third-order valence-electron chi connectivity index (χ3n) is 8.95. The number of nitrogens with zero attached hydrogens (tertiary/aromatic N) is 2. The minimum absolute atomic E-state index is 0.0459. The maximum Gasteiger partial charge on any atom is 0.496 e. The largest absolute Gasteiger partial charge is 0.496 e. The van der Waals surface area contributed by atoms with Crippen LogP contribution in [0.4, 0.5) is 16.2 Å². The van der Waals surface area contributed by atoms with E-state index in [-0.39, 0.29) is 41.4 Å². The quantitative estimate of drug-likeness (QED) is 0.221. The molecule has 15 nitrogen and oxygen atoms in total. The van der Waals surface area contributed by atoms with Crippen LogP contribution in [0.3, 0.4) is 0 Å². The van der Waals surface area contributed by atoms with Crippen LogP contribution in [0.5, 0.6) is 0 Å². The zero-order chi connectivity index (χ0) is 36.3. The van der Waals surface area contributed by atoms with E-state index >= 15 is 0 Å². The van der Waals surface area contributed by atoms with E-state index in [4.69, 9.17) is 0 Å². The van der Waals surface area contributed by atoms with Gasteiger partial charge in [0.05, 0.1) is 21.8 Å². The van der Waals surface area contributed by atoms with Crippen molar-refractivity contribution in [3.63, 3.8) is 0 Å². The number of amides is 3. The standard InChI is InChI=1S/C31H34N4O11S3/c1-5-27(49(44,45)46)34-24-14-12-20(48(41,42)43)18-22(24)31(4)26(34)10-8-6-7-9-25-30(2,3)21-17-19(47(38,39)40)11-13-23(21)35(25)29(37)33-16-15-32-28(31)36/h6-14,17-18,27H,5,15-16H2,1-4H3,(H4-,32,33,36,37,38,39,40,41,42,43,44,45,46)/p+1. The first-order chi connectivity index (χ1) is 22.6. The van der Waals surface area contributed by atoms with Gasteiger partial charge >= 0.3 is 6.03 Å². The summed E-state index contributed by atoms with van der Waals surface area (Å²) in [7, 11) is -14.1. The number of anilines is 1. The first-order valence-electron chi connectivity index (χ1n) is 14.9. The summed E-state index contributed by atoms with van der Waals surface area (Å²) < 4.78 is 104.